The molecule has 4 rings (SSSR count). The number of hydrogen-bond acceptors (Lipinski definition) is 3. The van der Waals surface area contributed by atoms with E-state index in [1.54, 1.807) is 24.4 Å². The maximum absolute atomic E-state index is 12.6. The molecule has 7 nitrogen and oxygen atoms in total. The van der Waals surface area contributed by atoms with Crippen LogP contribution in [0.4, 0.5) is 0 Å². The number of aliphatic carboxylic acids is 1. The lowest BCUT2D eigenvalue weighted by atomic mass is 10.0. The minimum Gasteiger partial charge on any atom is -0.480 e. The molecule has 0 unspecified atom stereocenters. The van der Waals surface area contributed by atoms with Crippen LogP contribution in [-0.2, 0) is 16.0 Å². The number of aromatic nitrogens is 2. The normalized spacial score (nSPS) is 12.1. The first-order valence-electron chi connectivity index (χ1n) is 8.73. The molecule has 0 bridgehead atoms. The fourth-order valence-corrected chi connectivity index (χ4v) is 3.33. The van der Waals surface area contributed by atoms with Crippen molar-refractivity contribution in [3.05, 3.63) is 72.1 Å². The van der Waals surface area contributed by atoms with Crippen LogP contribution in [0, 0.1) is 0 Å². The number of hydrogen-bond donors (Lipinski definition) is 4. The van der Waals surface area contributed by atoms with Crippen molar-refractivity contribution in [3.63, 3.8) is 0 Å². The van der Waals surface area contributed by atoms with E-state index in [4.69, 9.17) is 0 Å². The number of para-hydroxylation sites is 2. The molecule has 2 aromatic carbocycles. The van der Waals surface area contributed by atoms with E-state index in [0.29, 0.717) is 5.39 Å². The first-order chi connectivity index (χ1) is 13.5. The summed E-state index contributed by atoms with van der Waals surface area (Å²) >= 11 is 0. The second kappa shape index (κ2) is 7.03. The number of fused-ring (bicyclic) bond motifs is 2. The molecule has 140 valence electrons. The lowest BCUT2D eigenvalue weighted by Crippen LogP contribution is -2.45. The molecule has 0 aliphatic carbocycles. The van der Waals surface area contributed by atoms with E-state index in [9.17, 15) is 19.5 Å². The number of rotatable bonds is 6. The molecule has 28 heavy (non-hydrogen) atoms. The smallest absolute Gasteiger partial charge is 0.326 e. The van der Waals surface area contributed by atoms with Crippen LogP contribution >= 0.6 is 0 Å². The van der Waals surface area contributed by atoms with Gasteiger partial charge in [-0.3, -0.25) is 9.59 Å². The predicted octanol–water partition coefficient (Wildman–Crippen LogP) is 2.64. The quantitative estimate of drug-likeness (QED) is 0.306. The van der Waals surface area contributed by atoms with Gasteiger partial charge in [-0.25, -0.2) is 4.79 Å². The maximum Gasteiger partial charge on any atom is 0.326 e. The van der Waals surface area contributed by atoms with Crippen LogP contribution in [0.5, 0.6) is 0 Å². The van der Waals surface area contributed by atoms with E-state index >= 15 is 0 Å². The Balaban J connectivity index is 1.55. The van der Waals surface area contributed by atoms with Gasteiger partial charge in [0.25, 0.3) is 11.7 Å². The third kappa shape index (κ3) is 3.14. The number of carbonyl (C=O) groups is 3. The van der Waals surface area contributed by atoms with Gasteiger partial charge in [0.1, 0.15) is 6.04 Å². The van der Waals surface area contributed by atoms with Crippen molar-refractivity contribution in [1.29, 1.82) is 0 Å². The summed E-state index contributed by atoms with van der Waals surface area (Å²) in [5, 5.41) is 13.4. The summed E-state index contributed by atoms with van der Waals surface area (Å²) in [6.07, 6.45) is 3.24. The van der Waals surface area contributed by atoms with Gasteiger partial charge >= 0.3 is 5.97 Å². The van der Waals surface area contributed by atoms with Gasteiger partial charge < -0.3 is 20.4 Å². The van der Waals surface area contributed by atoms with Gasteiger partial charge in [0, 0.05) is 40.6 Å². The summed E-state index contributed by atoms with van der Waals surface area (Å²) in [6.45, 7) is 0. The molecule has 0 saturated carbocycles. The highest BCUT2D eigenvalue weighted by Gasteiger charge is 2.27. The third-order valence-corrected chi connectivity index (χ3v) is 4.74. The van der Waals surface area contributed by atoms with E-state index in [1.165, 1.54) is 6.20 Å². The minimum atomic E-state index is -1.22. The Labute approximate surface area is 159 Å². The molecule has 0 aliphatic heterocycles. The molecule has 0 saturated heterocycles. The van der Waals surface area contributed by atoms with E-state index in [0.717, 1.165) is 22.0 Å². The molecule has 0 spiro atoms. The highest BCUT2D eigenvalue weighted by atomic mass is 16.4. The van der Waals surface area contributed by atoms with Crippen molar-refractivity contribution < 1.29 is 19.5 Å². The van der Waals surface area contributed by atoms with Crippen molar-refractivity contribution in [3.8, 4) is 0 Å². The van der Waals surface area contributed by atoms with Gasteiger partial charge in [-0.2, -0.15) is 0 Å². The number of nitrogens with one attached hydrogen (secondary N) is 3. The molecular formula is C21H17N3O4. The fraction of sp³-hybridized carbons (Fsp3) is 0.0952. The minimum absolute atomic E-state index is 0.0618. The van der Waals surface area contributed by atoms with Gasteiger partial charge in [-0.15, -0.1) is 0 Å². The van der Waals surface area contributed by atoms with Crippen LogP contribution in [0.25, 0.3) is 21.8 Å². The zero-order valence-electron chi connectivity index (χ0n) is 14.7. The molecule has 0 aliphatic rings. The molecule has 1 amide bonds. The molecule has 2 heterocycles. The summed E-state index contributed by atoms with van der Waals surface area (Å²) < 4.78 is 0. The van der Waals surface area contributed by atoms with E-state index < -0.39 is 23.7 Å². The lowest BCUT2D eigenvalue weighted by Gasteiger charge is -2.13. The van der Waals surface area contributed by atoms with E-state index in [-0.39, 0.29) is 12.0 Å². The van der Waals surface area contributed by atoms with E-state index in [1.807, 2.05) is 30.3 Å². The maximum atomic E-state index is 12.6. The number of ketones is 1. The number of benzene rings is 2. The second-order valence-corrected chi connectivity index (χ2v) is 6.50. The highest BCUT2D eigenvalue weighted by Crippen LogP contribution is 2.20. The number of aromatic amines is 2. The predicted molar refractivity (Wildman–Crippen MR) is 104 cm³/mol. The molecule has 2 aromatic heterocycles. The zero-order chi connectivity index (χ0) is 19.7. The van der Waals surface area contributed by atoms with Crippen LogP contribution < -0.4 is 5.32 Å². The topological polar surface area (TPSA) is 115 Å². The number of H-pyrrole nitrogens is 2. The molecule has 1 atom stereocenters. The van der Waals surface area contributed by atoms with Crippen molar-refractivity contribution in [2.45, 2.75) is 12.5 Å². The van der Waals surface area contributed by atoms with Gasteiger partial charge in [-0.1, -0.05) is 36.4 Å². The first kappa shape index (κ1) is 17.5. The summed E-state index contributed by atoms with van der Waals surface area (Å²) in [5.74, 6) is -2.93. The molecule has 4 aromatic rings. The summed E-state index contributed by atoms with van der Waals surface area (Å²) in [6, 6.07) is 13.4. The largest absolute Gasteiger partial charge is 0.480 e. The van der Waals surface area contributed by atoms with Crippen LogP contribution in [0.3, 0.4) is 0 Å². The fourth-order valence-electron chi connectivity index (χ4n) is 3.33. The molecule has 7 heteroatoms. The summed E-state index contributed by atoms with van der Waals surface area (Å²) in [4.78, 5) is 42.7. The number of carbonyl (C=O) groups excluding carboxylic acids is 2. The SMILES string of the molecule is O=C(N[C@H](Cc1c[nH]c2ccccc12)C(=O)O)C(=O)c1c[nH]c2ccccc12. The molecule has 4 N–H and O–H groups in total. The van der Waals surface area contributed by atoms with Crippen molar-refractivity contribution in [2.75, 3.05) is 0 Å². The Bertz CT molecular complexity index is 1200. The number of carboxylic acid groups (broad SMARTS) is 1. The first-order valence-corrected chi connectivity index (χ1v) is 8.73. The number of Topliss-reactive ketones (excluding diaryl/α,β-unsaturated/α-hetero) is 1. The van der Waals surface area contributed by atoms with Crippen LogP contribution in [0.1, 0.15) is 15.9 Å². The van der Waals surface area contributed by atoms with Crippen molar-refractivity contribution in [2.24, 2.45) is 0 Å². The van der Waals surface area contributed by atoms with Gasteiger partial charge in [0.15, 0.2) is 0 Å². The molecular weight excluding hydrogens is 358 g/mol. The Morgan fingerprint density at radius 2 is 1.50 bits per heavy atom. The van der Waals surface area contributed by atoms with E-state index in [2.05, 4.69) is 15.3 Å². The number of carboxylic acids is 1. The average molecular weight is 375 g/mol. The highest BCUT2D eigenvalue weighted by molar-refractivity contribution is 6.45. The lowest BCUT2D eigenvalue weighted by molar-refractivity contribution is -0.141. The van der Waals surface area contributed by atoms with Gasteiger partial charge in [-0.05, 0) is 17.7 Å². The summed E-state index contributed by atoms with van der Waals surface area (Å²) in [5.41, 5.74) is 2.57. The zero-order valence-corrected chi connectivity index (χ0v) is 14.7. The van der Waals surface area contributed by atoms with Crippen LogP contribution in [0.2, 0.25) is 0 Å². The third-order valence-electron chi connectivity index (χ3n) is 4.74. The Morgan fingerprint density at radius 1 is 0.893 bits per heavy atom. The monoisotopic (exact) mass is 375 g/mol. The standard InChI is InChI=1S/C21H17N3O4/c25-19(15-11-23-17-8-4-2-6-14(15)17)20(26)24-18(21(27)28)9-12-10-22-16-7-3-1-5-13(12)16/h1-8,10-11,18,22-23H,9H2,(H,24,26)(H,27,28)/t18-/m1/s1. The van der Waals surface area contributed by atoms with Gasteiger partial charge in [0.2, 0.25) is 0 Å². The number of amides is 1. The summed E-state index contributed by atoms with van der Waals surface area (Å²) in [7, 11) is 0. The van der Waals surface area contributed by atoms with Crippen molar-refractivity contribution in [1.82, 2.24) is 15.3 Å². The molecule has 0 fully saturated rings. The average Bonchev–Trinajstić information content (AvgIpc) is 3.31. The molecule has 0 radical (unpaired) electrons. The Hall–Kier alpha value is -3.87. The second-order valence-electron chi connectivity index (χ2n) is 6.50. The Kier molecular flexibility index (Phi) is 4.41. The Morgan fingerprint density at radius 3 is 2.21 bits per heavy atom. The van der Waals surface area contributed by atoms with Crippen LogP contribution in [-0.4, -0.2) is 38.8 Å². The van der Waals surface area contributed by atoms with Gasteiger partial charge in [0.05, 0.1) is 5.56 Å². The van der Waals surface area contributed by atoms with Crippen LogP contribution in [0.15, 0.2) is 60.9 Å². The van der Waals surface area contributed by atoms with Crippen molar-refractivity contribution >= 4 is 39.5 Å².